The van der Waals surface area contributed by atoms with Crippen molar-refractivity contribution in [1.82, 2.24) is 0 Å². The van der Waals surface area contributed by atoms with Gasteiger partial charge in [-0.15, -0.1) is 0 Å². The fraction of sp³-hybridized carbons (Fsp3) is 0.571. The van der Waals surface area contributed by atoms with Crippen molar-refractivity contribution >= 4 is 35.8 Å². The predicted octanol–water partition coefficient (Wildman–Crippen LogP) is -1.88. The van der Waals surface area contributed by atoms with Gasteiger partial charge in [0.1, 0.15) is 0 Å². The maximum absolute atomic E-state index is 12.2. The summed E-state index contributed by atoms with van der Waals surface area (Å²) in [7, 11) is 1.29. The summed E-state index contributed by atoms with van der Waals surface area (Å²) in [4.78, 5) is 71.9. The van der Waals surface area contributed by atoms with E-state index in [0.717, 1.165) is 0 Å². The van der Waals surface area contributed by atoms with Crippen molar-refractivity contribution in [3.63, 3.8) is 0 Å². The highest BCUT2D eigenvalue weighted by atomic mass is 16.7. The Hall–Kier alpha value is -3.22. The predicted molar refractivity (Wildman–Crippen MR) is 79.1 cm³/mol. The van der Waals surface area contributed by atoms with Gasteiger partial charge in [-0.05, 0) is 13.8 Å². The smallest absolute Gasteiger partial charge is 0.362 e. The average molecular weight is 394 g/mol. The SMILES string of the molecule is CCOC(=O)C(OC(C(=O)O)(C(=O)OC)C(=O)OCC)(C(=O)O)C(=O)OC. The van der Waals surface area contributed by atoms with Crippen LogP contribution in [0.3, 0.4) is 0 Å². The van der Waals surface area contributed by atoms with Gasteiger partial charge in [0, 0.05) is 0 Å². The molecular formula is C14H18O13. The first-order valence-corrected chi connectivity index (χ1v) is 7.20. The molecule has 27 heavy (non-hydrogen) atoms. The van der Waals surface area contributed by atoms with Crippen molar-refractivity contribution in [2.75, 3.05) is 27.4 Å². The Bertz CT molecular complexity index is 585. The molecule has 13 nitrogen and oxygen atoms in total. The molecule has 13 heteroatoms. The molecule has 152 valence electrons. The molecule has 0 fully saturated rings. The molecule has 2 atom stereocenters. The van der Waals surface area contributed by atoms with Crippen molar-refractivity contribution < 1.29 is 62.7 Å². The molecule has 0 spiro atoms. The second-order valence-corrected chi connectivity index (χ2v) is 4.50. The van der Waals surface area contributed by atoms with Crippen LogP contribution in [-0.2, 0) is 52.5 Å². The van der Waals surface area contributed by atoms with Gasteiger partial charge in [0.15, 0.2) is 0 Å². The van der Waals surface area contributed by atoms with Gasteiger partial charge in [0.2, 0.25) is 0 Å². The first-order chi connectivity index (χ1) is 12.5. The lowest BCUT2D eigenvalue weighted by molar-refractivity contribution is -0.228. The molecule has 0 aromatic rings. The van der Waals surface area contributed by atoms with Crippen molar-refractivity contribution in [3.05, 3.63) is 0 Å². The van der Waals surface area contributed by atoms with Crippen molar-refractivity contribution in [2.24, 2.45) is 0 Å². The van der Waals surface area contributed by atoms with E-state index in [1.807, 2.05) is 0 Å². The van der Waals surface area contributed by atoms with Crippen LogP contribution in [0.1, 0.15) is 13.8 Å². The molecular weight excluding hydrogens is 376 g/mol. The summed E-state index contributed by atoms with van der Waals surface area (Å²) in [5.74, 6) is -12.6. The largest absolute Gasteiger partial charge is 0.478 e. The first kappa shape index (κ1) is 23.8. The number of hydrogen-bond donors (Lipinski definition) is 2. The number of carboxylic acid groups (broad SMARTS) is 2. The topological polar surface area (TPSA) is 189 Å². The van der Waals surface area contributed by atoms with Crippen LogP contribution in [0.15, 0.2) is 0 Å². The second-order valence-electron chi connectivity index (χ2n) is 4.50. The van der Waals surface area contributed by atoms with E-state index >= 15 is 0 Å². The van der Waals surface area contributed by atoms with Crippen LogP contribution in [0.25, 0.3) is 0 Å². The van der Waals surface area contributed by atoms with Gasteiger partial charge in [-0.2, -0.15) is 0 Å². The molecule has 2 N–H and O–H groups in total. The standard InChI is InChI=1S/C14H18O13/c1-5-25-11(21)13(7(15)16,9(19)23-3)27-14(8(17)18,10(20)24-4)12(22)26-6-2/h5-6H2,1-4H3,(H,15,16)(H,17,18). The Morgan fingerprint density at radius 3 is 1.15 bits per heavy atom. The molecule has 0 aliphatic carbocycles. The third-order valence-corrected chi connectivity index (χ3v) is 2.98. The molecule has 0 rings (SSSR count). The Balaban J connectivity index is 6.85. The van der Waals surface area contributed by atoms with Crippen molar-refractivity contribution in [2.45, 2.75) is 25.0 Å². The normalized spacial score (nSPS) is 14.7. The van der Waals surface area contributed by atoms with Gasteiger partial charge in [-0.1, -0.05) is 0 Å². The number of carbonyl (C=O) groups excluding carboxylic acids is 4. The van der Waals surface area contributed by atoms with E-state index in [0.29, 0.717) is 14.2 Å². The number of hydrogen-bond acceptors (Lipinski definition) is 11. The van der Waals surface area contributed by atoms with Gasteiger partial charge in [-0.3, -0.25) is 0 Å². The maximum atomic E-state index is 12.2. The fourth-order valence-electron chi connectivity index (χ4n) is 1.75. The van der Waals surface area contributed by atoms with Gasteiger partial charge in [0.25, 0.3) is 0 Å². The molecule has 0 saturated carbocycles. The molecule has 0 bridgehead atoms. The lowest BCUT2D eigenvalue weighted by Gasteiger charge is -2.32. The molecule has 0 aliphatic rings. The molecule has 0 aliphatic heterocycles. The van der Waals surface area contributed by atoms with Crippen LogP contribution in [0.5, 0.6) is 0 Å². The zero-order valence-electron chi connectivity index (χ0n) is 14.8. The van der Waals surface area contributed by atoms with Crippen LogP contribution >= 0.6 is 0 Å². The lowest BCUT2D eigenvalue weighted by atomic mass is 9.98. The fourth-order valence-corrected chi connectivity index (χ4v) is 1.75. The van der Waals surface area contributed by atoms with Crippen LogP contribution in [0.4, 0.5) is 0 Å². The highest BCUT2D eigenvalue weighted by molar-refractivity contribution is 6.26. The van der Waals surface area contributed by atoms with E-state index in [1.54, 1.807) is 0 Å². The minimum Gasteiger partial charge on any atom is -0.478 e. The van der Waals surface area contributed by atoms with Gasteiger partial charge >= 0.3 is 47.0 Å². The Kier molecular flexibility index (Phi) is 8.34. The number of rotatable bonds is 10. The highest BCUT2D eigenvalue weighted by Crippen LogP contribution is 2.28. The maximum Gasteiger partial charge on any atom is 0.362 e. The number of esters is 4. The third-order valence-electron chi connectivity index (χ3n) is 2.98. The van der Waals surface area contributed by atoms with E-state index in [2.05, 4.69) is 23.7 Å². The summed E-state index contributed by atoms with van der Waals surface area (Å²) in [6.45, 7) is 1.54. The van der Waals surface area contributed by atoms with Gasteiger partial charge in [0.05, 0.1) is 27.4 Å². The first-order valence-electron chi connectivity index (χ1n) is 7.20. The Morgan fingerprint density at radius 2 is 0.963 bits per heavy atom. The van der Waals surface area contributed by atoms with E-state index in [1.165, 1.54) is 13.8 Å². The molecule has 0 amide bonds. The monoisotopic (exact) mass is 394 g/mol. The van der Waals surface area contributed by atoms with Crippen LogP contribution in [0.2, 0.25) is 0 Å². The summed E-state index contributed by atoms with van der Waals surface area (Å²) in [5, 5.41) is 18.8. The van der Waals surface area contributed by atoms with Gasteiger partial charge in [-0.25, -0.2) is 28.8 Å². The summed E-state index contributed by atoms with van der Waals surface area (Å²) < 4.78 is 21.8. The minimum absolute atomic E-state index is 0.466. The summed E-state index contributed by atoms with van der Waals surface area (Å²) >= 11 is 0. The van der Waals surface area contributed by atoms with E-state index in [4.69, 9.17) is 0 Å². The molecule has 0 aromatic carbocycles. The summed E-state index contributed by atoms with van der Waals surface area (Å²) in [6.07, 6.45) is 0. The zero-order valence-corrected chi connectivity index (χ0v) is 14.8. The number of aliphatic carboxylic acids is 2. The quantitative estimate of drug-likeness (QED) is 0.238. The number of ether oxygens (including phenoxy) is 5. The van der Waals surface area contributed by atoms with Crippen LogP contribution < -0.4 is 0 Å². The van der Waals surface area contributed by atoms with Crippen molar-refractivity contribution in [1.29, 1.82) is 0 Å². The number of methoxy groups -OCH3 is 2. The van der Waals surface area contributed by atoms with E-state index in [-0.39, 0.29) is 0 Å². The Morgan fingerprint density at radius 1 is 0.667 bits per heavy atom. The lowest BCUT2D eigenvalue weighted by Crippen LogP contribution is -2.68. The zero-order chi connectivity index (χ0) is 21.4. The van der Waals surface area contributed by atoms with Crippen LogP contribution in [-0.4, -0.2) is 84.7 Å². The van der Waals surface area contributed by atoms with Crippen LogP contribution in [0, 0.1) is 0 Å². The molecule has 0 saturated heterocycles. The third kappa shape index (κ3) is 4.13. The average Bonchev–Trinajstić information content (AvgIpc) is 2.61. The number of carbonyl (C=O) groups is 6. The van der Waals surface area contributed by atoms with E-state index < -0.39 is 60.2 Å². The Labute approximate surface area is 152 Å². The molecule has 2 unspecified atom stereocenters. The van der Waals surface area contributed by atoms with E-state index in [9.17, 15) is 39.0 Å². The van der Waals surface area contributed by atoms with Crippen molar-refractivity contribution in [3.8, 4) is 0 Å². The second kappa shape index (κ2) is 9.47. The summed E-state index contributed by atoms with van der Waals surface area (Å²) in [5.41, 5.74) is -7.69. The molecule has 0 radical (unpaired) electrons. The minimum atomic E-state index is -3.84. The highest BCUT2D eigenvalue weighted by Gasteiger charge is 2.70. The molecule has 0 aromatic heterocycles. The molecule has 0 heterocycles. The van der Waals surface area contributed by atoms with Gasteiger partial charge < -0.3 is 33.9 Å². The summed E-state index contributed by atoms with van der Waals surface area (Å²) in [6, 6.07) is 0. The number of carboxylic acids is 2.